The standard InChI is InChI=1S/C26H32ClN3O5S/c1-4-22(25(32)28-16-18(2)3)29(17-19-11-13-20(27)14-12-19)24(31)10-7-15-30-26(33)21-8-5-6-9-23(21)36(30,34)35/h5-6,8-9,11-14,18,22H,4,7,10,15-17H2,1-3H3,(H,28,32)/t22-/m0/s1. The SMILES string of the molecule is CC[C@@H](C(=O)NCC(C)C)N(Cc1ccc(Cl)cc1)C(=O)CCCN1C(=O)c2ccccc2S1(=O)=O. The molecule has 0 aliphatic carbocycles. The smallest absolute Gasteiger partial charge is 0.269 e. The van der Waals surface area contributed by atoms with E-state index in [2.05, 4.69) is 5.32 Å². The van der Waals surface area contributed by atoms with Crippen LogP contribution in [0.5, 0.6) is 0 Å². The summed E-state index contributed by atoms with van der Waals surface area (Å²) in [5.41, 5.74) is 0.955. The first-order chi connectivity index (χ1) is 17.1. The second-order valence-corrected chi connectivity index (χ2v) is 11.5. The number of halogens is 1. The third-order valence-corrected chi connectivity index (χ3v) is 8.09. The Bertz CT molecular complexity index is 1210. The van der Waals surface area contributed by atoms with Crippen LogP contribution in [0, 0.1) is 5.92 Å². The molecule has 0 bridgehead atoms. The number of nitrogens with zero attached hydrogens (tertiary/aromatic N) is 2. The molecule has 2 aromatic rings. The van der Waals surface area contributed by atoms with E-state index in [-0.39, 0.29) is 54.1 Å². The van der Waals surface area contributed by atoms with Gasteiger partial charge in [0.25, 0.3) is 15.9 Å². The molecule has 1 aliphatic heterocycles. The van der Waals surface area contributed by atoms with Crippen LogP contribution in [0.15, 0.2) is 53.4 Å². The fourth-order valence-electron chi connectivity index (χ4n) is 4.10. The molecule has 10 heteroatoms. The summed E-state index contributed by atoms with van der Waals surface area (Å²) in [6.45, 7) is 6.40. The summed E-state index contributed by atoms with van der Waals surface area (Å²) in [6.07, 6.45) is 0.535. The van der Waals surface area contributed by atoms with E-state index < -0.39 is 22.0 Å². The molecule has 0 aromatic heterocycles. The first kappa shape index (κ1) is 27.7. The predicted octanol–water partition coefficient (Wildman–Crippen LogP) is 3.84. The van der Waals surface area contributed by atoms with Crippen molar-refractivity contribution in [2.45, 2.75) is 57.5 Å². The molecular weight excluding hydrogens is 502 g/mol. The van der Waals surface area contributed by atoms with E-state index in [1.54, 1.807) is 36.4 Å². The molecule has 3 amide bonds. The van der Waals surface area contributed by atoms with Gasteiger partial charge in [0.15, 0.2) is 0 Å². The van der Waals surface area contributed by atoms with Gasteiger partial charge in [-0.3, -0.25) is 14.4 Å². The summed E-state index contributed by atoms with van der Waals surface area (Å²) in [5, 5.41) is 3.47. The van der Waals surface area contributed by atoms with Crippen molar-refractivity contribution in [3.05, 3.63) is 64.7 Å². The number of rotatable bonds is 11. The number of hydrogen-bond acceptors (Lipinski definition) is 5. The van der Waals surface area contributed by atoms with Gasteiger partial charge in [0.1, 0.15) is 10.9 Å². The number of carbonyl (C=O) groups excluding carboxylic acids is 3. The normalized spacial score (nSPS) is 15.0. The molecule has 3 rings (SSSR count). The maximum Gasteiger partial charge on any atom is 0.269 e. The second-order valence-electron chi connectivity index (χ2n) is 9.19. The van der Waals surface area contributed by atoms with Gasteiger partial charge in [-0.25, -0.2) is 12.7 Å². The van der Waals surface area contributed by atoms with E-state index >= 15 is 0 Å². The summed E-state index contributed by atoms with van der Waals surface area (Å²) in [5.74, 6) is -0.856. The van der Waals surface area contributed by atoms with Crippen LogP contribution in [0.4, 0.5) is 0 Å². The second kappa shape index (κ2) is 11.9. The third-order valence-electron chi connectivity index (χ3n) is 6.00. The predicted molar refractivity (Wildman–Crippen MR) is 138 cm³/mol. The van der Waals surface area contributed by atoms with E-state index in [4.69, 9.17) is 11.6 Å². The van der Waals surface area contributed by atoms with Crippen LogP contribution in [-0.4, -0.2) is 54.5 Å². The van der Waals surface area contributed by atoms with Crippen LogP contribution in [0.25, 0.3) is 0 Å². The Morgan fingerprint density at radius 1 is 1.08 bits per heavy atom. The van der Waals surface area contributed by atoms with Crippen LogP contribution < -0.4 is 5.32 Å². The zero-order valence-corrected chi connectivity index (χ0v) is 22.3. The lowest BCUT2D eigenvalue weighted by Gasteiger charge is -2.31. The number of nitrogens with one attached hydrogen (secondary N) is 1. The van der Waals surface area contributed by atoms with E-state index in [0.29, 0.717) is 18.0 Å². The Balaban J connectivity index is 1.73. The Morgan fingerprint density at radius 3 is 2.36 bits per heavy atom. The molecule has 1 N–H and O–H groups in total. The average molecular weight is 534 g/mol. The maximum absolute atomic E-state index is 13.4. The molecule has 194 valence electrons. The van der Waals surface area contributed by atoms with E-state index in [1.807, 2.05) is 20.8 Å². The van der Waals surface area contributed by atoms with Gasteiger partial charge >= 0.3 is 0 Å². The van der Waals surface area contributed by atoms with Crippen molar-refractivity contribution in [1.82, 2.24) is 14.5 Å². The highest BCUT2D eigenvalue weighted by Gasteiger charge is 2.40. The van der Waals surface area contributed by atoms with Crippen LogP contribution in [-0.2, 0) is 26.2 Å². The first-order valence-corrected chi connectivity index (χ1v) is 13.9. The van der Waals surface area contributed by atoms with Gasteiger partial charge < -0.3 is 10.2 Å². The number of fused-ring (bicyclic) bond motifs is 1. The van der Waals surface area contributed by atoms with Crippen molar-refractivity contribution in [3.63, 3.8) is 0 Å². The molecule has 1 atom stereocenters. The molecule has 0 fully saturated rings. The molecule has 0 spiro atoms. The van der Waals surface area contributed by atoms with Gasteiger partial charge in [-0.1, -0.05) is 56.6 Å². The zero-order valence-electron chi connectivity index (χ0n) is 20.7. The third kappa shape index (κ3) is 6.25. The summed E-state index contributed by atoms with van der Waals surface area (Å²) in [6, 6.07) is 12.4. The minimum absolute atomic E-state index is 0.0152. The molecule has 8 nitrogen and oxygen atoms in total. The van der Waals surface area contributed by atoms with E-state index in [9.17, 15) is 22.8 Å². The summed E-state index contributed by atoms with van der Waals surface area (Å²) in [4.78, 5) is 40.5. The minimum Gasteiger partial charge on any atom is -0.354 e. The Morgan fingerprint density at radius 2 is 1.75 bits per heavy atom. The van der Waals surface area contributed by atoms with Crippen molar-refractivity contribution in [2.24, 2.45) is 5.92 Å². The lowest BCUT2D eigenvalue weighted by atomic mass is 10.1. The molecular formula is C26H32ClN3O5S. The van der Waals surface area contributed by atoms with Crippen molar-refractivity contribution in [1.29, 1.82) is 0 Å². The minimum atomic E-state index is -3.93. The largest absolute Gasteiger partial charge is 0.354 e. The zero-order chi connectivity index (χ0) is 26.5. The van der Waals surface area contributed by atoms with Gasteiger partial charge in [-0.05, 0) is 48.6 Å². The summed E-state index contributed by atoms with van der Waals surface area (Å²) >= 11 is 6.00. The van der Waals surface area contributed by atoms with Crippen LogP contribution in [0.3, 0.4) is 0 Å². The van der Waals surface area contributed by atoms with Gasteiger partial charge in [-0.2, -0.15) is 0 Å². The Labute approximate surface area is 217 Å². The van der Waals surface area contributed by atoms with Crippen LogP contribution in [0.2, 0.25) is 5.02 Å². The fraction of sp³-hybridized carbons (Fsp3) is 0.423. The molecule has 36 heavy (non-hydrogen) atoms. The molecule has 2 aromatic carbocycles. The summed E-state index contributed by atoms with van der Waals surface area (Å²) < 4.78 is 26.4. The van der Waals surface area contributed by atoms with Crippen LogP contribution >= 0.6 is 11.6 Å². The van der Waals surface area contributed by atoms with Crippen molar-refractivity contribution in [2.75, 3.05) is 13.1 Å². The molecule has 1 heterocycles. The topological polar surface area (TPSA) is 104 Å². The number of sulfonamides is 1. The number of hydrogen-bond donors (Lipinski definition) is 1. The van der Waals surface area contributed by atoms with Gasteiger partial charge in [0, 0.05) is 31.1 Å². The molecule has 0 saturated carbocycles. The molecule has 1 aliphatic rings. The number of carbonyl (C=O) groups is 3. The van der Waals surface area contributed by atoms with Gasteiger partial charge in [0.2, 0.25) is 11.8 Å². The lowest BCUT2D eigenvalue weighted by molar-refractivity contribution is -0.141. The highest BCUT2D eigenvalue weighted by molar-refractivity contribution is 7.90. The molecule has 0 saturated heterocycles. The monoisotopic (exact) mass is 533 g/mol. The van der Waals surface area contributed by atoms with Crippen molar-refractivity contribution < 1.29 is 22.8 Å². The van der Waals surface area contributed by atoms with Gasteiger partial charge in [-0.15, -0.1) is 0 Å². The maximum atomic E-state index is 13.4. The average Bonchev–Trinajstić information content (AvgIpc) is 3.04. The number of benzene rings is 2. The Hall–Kier alpha value is -2.91. The van der Waals surface area contributed by atoms with Crippen molar-refractivity contribution >= 4 is 39.3 Å². The van der Waals surface area contributed by atoms with E-state index in [1.165, 1.54) is 17.0 Å². The number of amides is 3. The van der Waals surface area contributed by atoms with E-state index in [0.717, 1.165) is 9.87 Å². The highest BCUT2D eigenvalue weighted by Crippen LogP contribution is 2.30. The van der Waals surface area contributed by atoms with Gasteiger partial charge in [0.05, 0.1) is 5.56 Å². The first-order valence-electron chi connectivity index (χ1n) is 12.0. The van der Waals surface area contributed by atoms with Crippen LogP contribution in [0.1, 0.15) is 56.0 Å². The van der Waals surface area contributed by atoms with Crippen molar-refractivity contribution in [3.8, 4) is 0 Å². The summed E-state index contributed by atoms with van der Waals surface area (Å²) in [7, 11) is -3.93. The lowest BCUT2D eigenvalue weighted by Crippen LogP contribution is -2.49. The molecule has 0 radical (unpaired) electrons. The Kier molecular flexibility index (Phi) is 9.13. The fourth-order valence-corrected chi connectivity index (χ4v) is 5.83. The quantitative estimate of drug-likeness (QED) is 0.472. The highest BCUT2D eigenvalue weighted by atomic mass is 35.5. The molecule has 0 unspecified atom stereocenters.